The van der Waals surface area contributed by atoms with Crippen molar-refractivity contribution >= 4 is 11.9 Å². The number of aliphatic hydroxyl groups excluding tert-OH is 2. The van der Waals surface area contributed by atoms with Crippen molar-refractivity contribution in [1.29, 1.82) is 0 Å². The number of hydrogen-bond acceptors (Lipinski definition) is 5. The highest BCUT2D eigenvalue weighted by Crippen LogP contribution is 2.21. The molecule has 1 amide bonds. The first-order valence-electron chi connectivity index (χ1n) is 43.1. The van der Waals surface area contributed by atoms with Crippen LogP contribution in [-0.2, 0) is 14.3 Å². The standard InChI is InChI=1S/C87H169NO5/c1-3-5-7-9-11-13-15-17-18-19-20-21-22-40-43-46-49-52-56-59-63-67-71-75-79-85(90)84(83-89)88-86(91)80-76-72-68-64-60-57-53-50-47-44-41-38-36-34-32-30-28-26-24-23-25-27-29-31-33-35-37-39-42-45-48-51-54-58-62-66-70-74-78-82-93-87(92)81-77-73-69-65-61-55-16-14-12-10-8-6-4-2/h23-24,75,79,84-85,89-90H,3-22,25-74,76-78,80-83H2,1-2H3,(H,88,91)/b24-23-,79-75+. The van der Waals surface area contributed by atoms with Crippen LogP contribution in [0.3, 0.4) is 0 Å². The largest absolute Gasteiger partial charge is 0.466 e. The van der Waals surface area contributed by atoms with Gasteiger partial charge in [-0.25, -0.2) is 0 Å². The summed E-state index contributed by atoms with van der Waals surface area (Å²) in [5.74, 6) is -0.0329. The number of rotatable bonds is 82. The predicted octanol–water partition coefficient (Wildman–Crippen LogP) is 28.8. The van der Waals surface area contributed by atoms with Crippen molar-refractivity contribution < 1.29 is 24.5 Å². The third-order valence-corrected chi connectivity index (χ3v) is 20.5. The maximum absolute atomic E-state index is 12.6. The summed E-state index contributed by atoms with van der Waals surface area (Å²) in [5.41, 5.74) is 0. The Kier molecular flexibility index (Phi) is 81.3. The van der Waals surface area contributed by atoms with E-state index < -0.39 is 12.1 Å². The Morgan fingerprint density at radius 3 is 0.763 bits per heavy atom. The number of aliphatic hydroxyl groups is 2. The quantitative estimate of drug-likeness (QED) is 0.0320. The van der Waals surface area contributed by atoms with Gasteiger partial charge >= 0.3 is 5.97 Å². The third kappa shape index (κ3) is 79.2. The van der Waals surface area contributed by atoms with Gasteiger partial charge < -0.3 is 20.3 Å². The number of amides is 1. The van der Waals surface area contributed by atoms with Crippen LogP contribution in [-0.4, -0.2) is 47.4 Å². The lowest BCUT2D eigenvalue weighted by Crippen LogP contribution is -2.45. The number of ether oxygens (including phenoxy) is 1. The van der Waals surface area contributed by atoms with Gasteiger partial charge in [0.05, 0.1) is 25.4 Å². The lowest BCUT2D eigenvalue weighted by Gasteiger charge is -2.20. The highest BCUT2D eigenvalue weighted by Gasteiger charge is 2.18. The molecule has 0 saturated heterocycles. The van der Waals surface area contributed by atoms with Crippen molar-refractivity contribution in [3.63, 3.8) is 0 Å². The Balaban J connectivity index is 3.35. The Morgan fingerprint density at radius 1 is 0.290 bits per heavy atom. The zero-order chi connectivity index (χ0) is 67.0. The molecule has 0 bridgehead atoms. The van der Waals surface area contributed by atoms with E-state index in [-0.39, 0.29) is 18.5 Å². The number of carbonyl (C=O) groups is 2. The molecule has 3 N–H and O–H groups in total. The van der Waals surface area contributed by atoms with E-state index in [0.717, 1.165) is 38.5 Å². The minimum Gasteiger partial charge on any atom is -0.466 e. The summed E-state index contributed by atoms with van der Waals surface area (Å²) < 4.78 is 5.50. The number of esters is 1. The fourth-order valence-corrected chi connectivity index (χ4v) is 13.9. The summed E-state index contributed by atoms with van der Waals surface area (Å²) in [6.07, 6.45) is 108. The minimum atomic E-state index is -0.843. The van der Waals surface area contributed by atoms with Gasteiger partial charge in [0.2, 0.25) is 5.91 Å². The molecule has 0 spiro atoms. The molecule has 0 aromatic carbocycles. The van der Waals surface area contributed by atoms with Gasteiger partial charge in [0.25, 0.3) is 0 Å². The van der Waals surface area contributed by atoms with Gasteiger partial charge in [0.1, 0.15) is 0 Å². The molecule has 0 aromatic rings. The molecule has 0 aliphatic carbocycles. The Bertz CT molecular complexity index is 1460. The van der Waals surface area contributed by atoms with E-state index in [4.69, 9.17) is 4.74 Å². The summed E-state index contributed by atoms with van der Waals surface area (Å²) >= 11 is 0. The molecule has 0 rings (SSSR count). The van der Waals surface area contributed by atoms with E-state index in [0.29, 0.717) is 19.4 Å². The van der Waals surface area contributed by atoms with E-state index in [9.17, 15) is 19.8 Å². The molecular weight excluding hydrogens is 1140 g/mol. The fraction of sp³-hybridized carbons (Fsp3) is 0.931. The molecule has 552 valence electrons. The van der Waals surface area contributed by atoms with Crippen LogP contribution in [0.5, 0.6) is 0 Å². The Labute approximate surface area is 583 Å². The van der Waals surface area contributed by atoms with E-state index in [1.54, 1.807) is 6.08 Å². The first-order chi connectivity index (χ1) is 46.0. The zero-order valence-electron chi connectivity index (χ0n) is 63.5. The molecule has 0 saturated carbocycles. The van der Waals surface area contributed by atoms with Crippen LogP contribution in [0.25, 0.3) is 0 Å². The maximum atomic E-state index is 12.6. The number of allylic oxidation sites excluding steroid dienone is 3. The first kappa shape index (κ1) is 91.3. The van der Waals surface area contributed by atoms with E-state index in [1.165, 1.54) is 430 Å². The van der Waals surface area contributed by atoms with E-state index in [1.807, 2.05) is 6.08 Å². The zero-order valence-corrected chi connectivity index (χ0v) is 63.5. The number of carbonyl (C=O) groups excluding carboxylic acids is 2. The van der Waals surface area contributed by atoms with Crippen molar-refractivity contribution in [1.82, 2.24) is 5.32 Å². The second kappa shape index (κ2) is 82.8. The average Bonchev–Trinajstić information content (AvgIpc) is 3.65. The fourth-order valence-electron chi connectivity index (χ4n) is 13.9. The topological polar surface area (TPSA) is 95.9 Å². The number of unbranched alkanes of at least 4 members (excludes halogenated alkanes) is 69. The molecule has 0 aromatic heterocycles. The summed E-state index contributed by atoms with van der Waals surface area (Å²) in [6.45, 7) is 4.97. The molecule has 6 nitrogen and oxygen atoms in total. The minimum absolute atomic E-state index is 0.0249. The van der Waals surface area contributed by atoms with E-state index in [2.05, 4.69) is 31.3 Å². The molecule has 0 radical (unpaired) electrons. The highest BCUT2D eigenvalue weighted by atomic mass is 16.5. The normalized spacial score (nSPS) is 12.5. The average molecular weight is 1310 g/mol. The van der Waals surface area contributed by atoms with Gasteiger partial charge in [-0.05, 0) is 57.8 Å². The Morgan fingerprint density at radius 2 is 0.505 bits per heavy atom. The third-order valence-electron chi connectivity index (χ3n) is 20.5. The van der Waals surface area contributed by atoms with Crippen molar-refractivity contribution in [2.75, 3.05) is 13.2 Å². The van der Waals surface area contributed by atoms with Crippen LogP contribution in [0.2, 0.25) is 0 Å². The smallest absolute Gasteiger partial charge is 0.305 e. The van der Waals surface area contributed by atoms with Gasteiger partial charge in [-0.2, -0.15) is 0 Å². The van der Waals surface area contributed by atoms with Gasteiger partial charge in [-0.15, -0.1) is 0 Å². The van der Waals surface area contributed by atoms with Gasteiger partial charge in [-0.1, -0.05) is 449 Å². The van der Waals surface area contributed by atoms with Crippen LogP contribution in [0.4, 0.5) is 0 Å². The van der Waals surface area contributed by atoms with Crippen molar-refractivity contribution in [3.8, 4) is 0 Å². The van der Waals surface area contributed by atoms with Crippen molar-refractivity contribution in [2.45, 2.75) is 508 Å². The highest BCUT2D eigenvalue weighted by molar-refractivity contribution is 5.76. The van der Waals surface area contributed by atoms with Gasteiger partial charge in [0, 0.05) is 12.8 Å². The molecular formula is C87H169NO5. The summed E-state index contributed by atoms with van der Waals surface area (Å²) in [6, 6.07) is -0.626. The predicted molar refractivity (Wildman–Crippen MR) is 412 cm³/mol. The van der Waals surface area contributed by atoms with Crippen LogP contribution in [0.1, 0.15) is 495 Å². The van der Waals surface area contributed by atoms with Gasteiger partial charge in [0.15, 0.2) is 0 Å². The molecule has 0 aliphatic rings. The van der Waals surface area contributed by atoms with E-state index >= 15 is 0 Å². The molecule has 0 heterocycles. The second-order valence-corrected chi connectivity index (χ2v) is 29.9. The lowest BCUT2D eigenvalue weighted by molar-refractivity contribution is -0.143. The molecule has 93 heavy (non-hydrogen) atoms. The molecule has 2 unspecified atom stereocenters. The van der Waals surface area contributed by atoms with Crippen LogP contribution < -0.4 is 5.32 Å². The molecule has 0 fully saturated rings. The summed E-state index contributed by atoms with van der Waals surface area (Å²) in [5, 5.41) is 23.3. The molecule has 2 atom stereocenters. The molecule has 6 heteroatoms. The van der Waals surface area contributed by atoms with Crippen molar-refractivity contribution in [3.05, 3.63) is 24.3 Å². The van der Waals surface area contributed by atoms with Crippen molar-refractivity contribution in [2.24, 2.45) is 0 Å². The first-order valence-corrected chi connectivity index (χ1v) is 43.1. The lowest BCUT2D eigenvalue weighted by atomic mass is 10.0. The SMILES string of the molecule is CCCCCCCCCCCCCCCCCCCCCCCC/C=C/C(O)C(CO)NC(=O)CCCCCCCCCCCCCCCCCCC/C=C\CCCCCCCCCCCCCCCCCCCCOC(=O)CCCCCCCCCCCCCCC. The van der Waals surface area contributed by atoms with Gasteiger partial charge in [-0.3, -0.25) is 9.59 Å². The van der Waals surface area contributed by atoms with Crippen LogP contribution in [0, 0.1) is 0 Å². The molecule has 0 aliphatic heterocycles. The second-order valence-electron chi connectivity index (χ2n) is 29.9. The van der Waals surface area contributed by atoms with Crippen LogP contribution >= 0.6 is 0 Å². The maximum Gasteiger partial charge on any atom is 0.305 e. The summed E-state index contributed by atoms with van der Waals surface area (Å²) in [7, 11) is 0. The number of hydrogen-bond donors (Lipinski definition) is 3. The monoisotopic (exact) mass is 1310 g/mol. The van der Waals surface area contributed by atoms with Crippen LogP contribution in [0.15, 0.2) is 24.3 Å². The Hall–Kier alpha value is -1.66. The summed E-state index contributed by atoms with van der Waals surface area (Å²) in [4.78, 5) is 24.6. The number of nitrogens with one attached hydrogen (secondary N) is 1.